The molecule has 3 nitrogen and oxygen atoms in total. The highest BCUT2D eigenvalue weighted by molar-refractivity contribution is 6.01. The average Bonchev–Trinajstić information content (AvgIpc) is 2.55. The fourth-order valence-corrected chi connectivity index (χ4v) is 2.43. The number of nitrogens with zero attached hydrogens (tertiary/aromatic N) is 3. The largest absolute Gasteiger partial charge is 0.353 e. The lowest BCUT2D eigenvalue weighted by atomic mass is 10.1. The number of hydrogen-bond donors (Lipinski definition) is 0. The van der Waals surface area contributed by atoms with Crippen LogP contribution in [0, 0.1) is 0 Å². The van der Waals surface area contributed by atoms with Gasteiger partial charge in [-0.25, -0.2) is 0 Å². The molecule has 3 heteroatoms. The molecule has 0 spiro atoms. The summed E-state index contributed by atoms with van der Waals surface area (Å²) in [6, 6.07) is 8.39. The van der Waals surface area contributed by atoms with Gasteiger partial charge in [0.1, 0.15) is 0 Å². The van der Waals surface area contributed by atoms with Crippen LogP contribution in [0.2, 0.25) is 0 Å². The zero-order chi connectivity index (χ0) is 11.3. The SMILES string of the molecule is CC1N(C)c2ccc3ncccc3c2N1C. The van der Waals surface area contributed by atoms with Crippen LogP contribution >= 0.6 is 0 Å². The summed E-state index contributed by atoms with van der Waals surface area (Å²) in [6.45, 7) is 2.21. The molecule has 1 unspecified atom stereocenters. The van der Waals surface area contributed by atoms with Gasteiger partial charge in [0.15, 0.2) is 0 Å². The average molecular weight is 213 g/mol. The molecule has 0 fully saturated rings. The molecular weight excluding hydrogens is 198 g/mol. The molecule has 1 atom stereocenters. The maximum atomic E-state index is 4.40. The number of anilines is 2. The number of fused-ring (bicyclic) bond motifs is 3. The van der Waals surface area contributed by atoms with Crippen LogP contribution in [0.3, 0.4) is 0 Å². The van der Waals surface area contributed by atoms with Gasteiger partial charge in [-0.15, -0.1) is 0 Å². The van der Waals surface area contributed by atoms with Crippen LogP contribution in [0.1, 0.15) is 6.92 Å². The van der Waals surface area contributed by atoms with Gasteiger partial charge in [0.25, 0.3) is 0 Å². The summed E-state index contributed by atoms with van der Waals surface area (Å²) < 4.78 is 0. The monoisotopic (exact) mass is 213 g/mol. The number of pyridine rings is 1. The second-order valence-electron chi connectivity index (χ2n) is 4.36. The fourth-order valence-electron chi connectivity index (χ4n) is 2.43. The molecule has 3 rings (SSSR count). The maximum Gasteiger partial charge on any atom is 0.0982 e. The number of aromatic nitrogens is 1. The second-order valence-corrected chi connectivity index (χ2v) is 4.36. The van der Waals surface area contributed by atoms with Gasteiger partial charge >= 0.3 is 0 Å². The van der Waals surface area contributed by atoms with Crippen molar-refractivity contribution < 1.29 is 0 Å². The van der Waals surface area contributed by atoms with Crippen LogP contribution < -0.4 is 9.80 Å². The number of hydrogen-bond acceptors (Lipinski definition) is 3. The van der Waals surface area contributed by atoms with Crippen molar-refractivity contribution in [3.63, 3.8) is 0 Å². The molecular formula is C13H15N3. The fraction of sp³-hybridized carbons (Fsp3) is 0.308. The van der Waals surface area contributed by atoms with Crippen molar-refractivity contribution in [2.24, 2.45) is 0 Å². The number of rotatable bonds is 0. The van der Waals surface area contributed by atoms with E-state index in [1.54, 1.807) is 0 Å². The summed E-state index contributed by atoms with van der Waals surface area (Å²) in [7, 11) is 4.27. The van der Waals surface area contributed by atoms with E-state index in [9.17, 15) is 0 Å². The molecule has 0 saturated heterocycles. The van der Waals surface area contributed by atoms with Gasteiger partial charge in [-0.2, -0.15) is 0 Å². The molecule has 16 heavy (non-hydrogen) atoms. The van der Waals surface area contributed by atoms with E-state index in [4.69, 9.17) is 0 Å². The molecule has 2 aromatic rings. The van der Waals surface area contributed by atoms with Gasteiger partial charge in [0.2, 0.25) is 0 Å². The lowest BCUT2D eigenvalue weighted by Gasteiger charge is -2.23. The highest BCUT2D eigenvalue weighted by atomic mass is 15.4. The Balaban J connectivity index is 2.36. The molecule has 0 N–H and O–H groups in total. The first kappa shape index (κ1) is 9.46. The Morgan fingerprint density at radius 1 is 1.12 bits per heavy atom. The third-order valence-electron chi connectivity index (χ3n) is 3.59. The van der Waals surface area contributed by atoms with Gasteiger partial charge in [-0.3, -0.25) is 4.98 Å². The standard InChI is InChI=1S/C13H15N3/c1-9-15(2)12-7-6-11-10(5-4-8-14-11)13(12)16(9)3/h4-9H,1-3H3. The first-order chi connectivity index (χ1) is 7.70. The van der Waals surface area contributed by atoms with Crippen molar-refractivity contribution in [2.75, 3.05) is 23.9 Å². The first-order valence-corrected chi connectivity index (χ1v) is 5.53. The molecule has 1 aliphatic heterocycles. The van der Waals surface area contributed by atoms with E-state index >= 15 is 0 Å². The third kappa shape index (κ3) is 1.06. The smallest absolute Gasteiger partial charge is 0.0982 e. The van der Waals surface area contributed by atoms with Gasteiger partial charge in [0.05, 0.1) is 23.1 Å². The van der Waals surface area contributed by atoms with Crippen molar-refractivity contribution in [3.05, 3.63) is 30.5 Å². The zero-order valence-corrected chi connectivity index (χ0v) is 9.81. The van der Waals surface area contributed by atoms with E-state index < -0.39 is 0 Å². The minimum Gasteiger partial charge on any atom is -0.353 e. The van der Waals surface area contributed by atoms with Crippen molar-refractivity contribution in [1.29, 1.82) is 0 Å². The van der Waals surface area contributed by atoms with E-state index in [0.29, 0.717) is 6.17 Å². The molecule has 1 aliphatic rings. The van der Waals surface area contributed by atoms with Gasteiger partial charge in [0, 0.05) is 25.7 Å². The van der Waals surface area contributed by atoms with Crippen LogP contribution in [0.4, 0.5) is 11.4 Å². The lowest BCUT2D eigenvalue weighted by Crippen LogP contribution is -2.35. The summed E-state index contributed by atoms with van der Waals surface area (Å²) in [6.07, 6.45) is 2.25. The summed E-state index contributed by atoms with van der Waals surface area (Å²) in [5, 5.41) is 1.23. The van der Waals surface area contributed by atoms with E-state index in [2.05, 4.69) is 54.0 Å². The van der Waals surface area contributed by atoms with Gasteiger partial charge < -0.3 is 9.80 Å². The quantitative estimate of drug-likeness (QED) is 0.670. The molecule has 2 heterocycles. The van der Waals surface area contributed by atoms with E-state index in [-0.39, 0.29) is 0 Å². The van der Waals surface area contributed by atoms with Gasteiger partial charge in [-0.05, 0) is 31.2 Å². The minimum absolute atomic E-state index is 0.404. The Hall–Kier alpha value is -1.77. The highest BCUT2D eigenvalue weighted by Crippen LogP contribution is 2.42. The molecule has 0 aliphatic carbocycles. The minimum atomic E-state index is 0.404. The molecule has 1 aromatic heterocycles. The predicted octanol–water partition coefficient (Wildman–Crippen LogP) is 2.47. The summed E-state index contributed by atoms with van der Waals surface area (Å²) >= 11 is 0. The molecule has 0 bridgehead atoms. The Kier molecular flexibility index (Phi) is 1.84. The van der Waals surface area contributed by atoms with Crippen LogP contribution in [0.5, 0.6) is 0 Å². The Labute approximate surface area is 95.3 Å². The highest BCUT2D eigenvalue weighted by Gasteiger charge is 2.28. The normalized spacial score (nSPS) is 19.3. The predicted molar refractivity (Wildman–Crippen MR) is 68.0 cm³/mol. The Morgan fingerprint density at radius 2 is 1.94 bits per heavy atom. The second kappa shape index (κ2) is 3.11. The van der Waals surface area contributed by atoms with Crippen LogP contribution in [0.25, 0.3) is 10.9 Å². The maximum absolute atomic E-state index is 4.40. The van der Waals surface area contributed by atoms with Crippen LogP contribution in [-0.4, -0.2) is 25.2 Å². The van der Waals surface area contributed by atoms with E-state index in [1.807, 2.05) is 12.3 Å². The number of benzene rings is 1. The summed E-state index contributed by atoms with van der Waals surface area (Å²) in [4.78, 5) is 9.00. The summed E-state index contributed by atoms with van der Waals surface area (Å²) in [5.74, 6) is 0. The summed E-state index contributed by atoms with van der Waals surface area (Å²) in [5.41, 5.74) is 3.65. The van der Waals surface area contributed by atoms with Gasteiger partial charge in [-0.1, -0.05) is 0 Å². The third-order valence-corrected chi connectivity index (χ3v) is 3.59. The van der Waals surface area contributed by atoms with Crippen LogP contribution in [0.15, 0.2) is 30.5 Å². The van der Waals surface area contributed by atoms with Crippen LogP contribution in [-0.2, 0) is 0 Å². The van der Waals surface area contributed by atoms with Crippen molar-refractivity contribution >= 4 is 22.3 Å². The van der Waals surface area contributed by atoms with Crippen molar-refractivity contribution in [3.8, 4) is 0 Å². The topological polar surface area (TPSA) is 19.4 Å². The lowest BCUT2D eigenvalue weighted by molar-refractivity contribution is 0.710. The zero-order valence-electron chi connectivity index (χ0n) is 9.81. The molecule has 1 aromatic carbocycles. The van der Waals surface area contributed by atoms with E-state index in [1.165, 1.54) is 16.8 Å². The Bertz CT molecular complexity index is 550. The molecule has 0 amide bonds. The first-order valence-electron chi connectivity index (χ1n) is 5.53. The van der Waals surface area contributed by atoms with E-state index in [0.717, 1.165) is 5.52 Å². The Morgan fingerprint density at radius 3 is 2.75 bits per heavy atom. The molecule has 0 radical (unpaired) electrons. The molecule has 82 valence electrons. The van der Waals surface area contributed by atoms with Crippen molar-refractivity contribution in [1.82, 2.24) is 4.98 Å². The van der Waals surface area contributed by atoms with Crippen molar-refractivity contribution in [2.45, 2.75) is 13.1 Å². The molecule has 0 saturated carbocycles.